The number of alkyl halides is 3. The Kier molecular flexibility index (Phi) is 5.76. The summed E-state index contributed by atoms with van der Waals surface area (Å²) in [5.74, 6) is 0.144. The van der Waals surface area contributed by atoms with Crippen LogP contribution in [0.15, 0.2) is 65.6 Å². The zero-order valence-corrected chi connectivity index (χ0v) is 17.3. The number of hydrogen-bond acceptors (Lipinski definition) is 4. The predicted molar refractivity (Wildman–Crippen MR) is 111 cm³/mol. The topological polar surface area (TPSA) is 62.3 Å². The number of sulfonamides is 1. The third-order valence-electron chi connectivity index (χ3n) is 4.34. The largest absolute Gasteiger partial charge is 0.416 e. The molecule has 0 radical (unpaired) electrons. The fourth-order valence-electron chi connectivity index (χ4n) is 2.73. The first-order valence-corrected chi connectivity index (χ1v) is 10.4. The standard InChI is InChI=1S/C21H20F3N3O2S/c1-14-7-9-18(10-8-14)30(28,29)26-17-6-4-5-15(11-17)19-12-16(21(22,23)24)13-20(25-19)27(2)3/h4-13,26H,1-3H3. The Morgan fingerprint density at radius 2 is 1.63 bits per heavy atom. The third-order valence-corrected chi connectivity index (χ3v) is 5.74. The molecule has 1 N–H and O–H groups in total. The van der Waals surface area contributed by atoms with E-state index in [1.807, 2.05) is 6.92 Å². The van der Waals surface area contributed by atoms with Crippen molar-refractivity contribution in [2.75, 3.05) is 23.7 Å². The van der Waals surface area contributed by atoms with Crippen LogP contribution in [0.1, 0.15) is 11.1 Å². The van der Waals surface area contributed by atoms with E-state index >= 15 is 0 Å². The lowest BCUT2D eigenvalue weighted by molar-refractivity contribution is -0.137. The average molecular weight is 435 g/mol. The molecular weight excluding hydrogens is 415 g/mol. The van der Waals surface area contributed by atoms with E-state index < -0.39 is 21.8 Å². The molecule has 0 atom stereocenters. The molecule has 158 valence electrons. The van der Waals surface area contributed by atoms with Gasteiger partial charge < -0.3 is 4.90 Å². The molecule has 0 amide bonds. The summed E-state index contributed by atoms with van der Waals surface area (Å²) in [5, 5.41) is 0. The van der Waals surface area contributed by atoms with Gasteiger partial charge >= 0.3 is 6.18 Å². The van der Waals surface area contributed by atoms with E-state index in [4.69, 9.17) is 0 Å². The van der Waals surface area contributed by atoms with Gasteiger partial charge in [0.1, 0.15) is 5.82 Å². The molecule has 1 aromatic heterocycles. The van der Waals surface area contributed by atoms with E-state index in [2.05, 4.69) is 9.71 Å². The highest BCUT2D eigenvalue weighted by Gasteiger charge is 2.32. The number of aromatic nitrogens is 1. The number of benzene rings is 2. The first-order valence-electron chi connectivity index (χ1n) is 8.92. The minimum atomic E-state index is -4.53. The Labute approximate surface area is 173 Å². The van der Waals surface area contributed by atoms with Crippen LogP contribution in [-0.2, 0) is 16.2 Å². The van der Waals surface area contributed by atoms with Crippen LogP contribution in [0.5, 0.6) is 0 Å². The van der Waals surface area contributed by atoms with Crippen LogP contribution >= 0.6 is 0 Å². The number of nitrogens with one attached hydrogen (secondary N) is 1. The van der Waals surface area contributed by atoms with Crippen LogP contribution in [0.3, 0.4) is 0 Å². The number of halogens is 3. The highest BCUT2D eigenvalue weighted by molar-refractivity contribution is 7.92. The van der Waals surface area contributed by atoms with Crippen LogP contribution in [-0.4, -0.2) is 27.5 Å². The minimum absolute atomic E-state index is 0.0879. The van der Waals surface area contributed by atoms with Crippen LogP contribution in [0.2, 0.25) is 0 Å². The summed E-state index contributed by atoms with van der Waals surface area (Å²) in [5.41, 5.74) is 0.752. The van der Waals surface area contributed by atoms with E-state index in [1.165, 1.54) is 29.2 Å². The maximum atomic E-state index is 13.3. The molecule has 2 aromatic carbocycles. The minimum Gasteiger partial charge on any atom is -0.363 e. The summed E-state index contributed by atoms with van der Waals surface area (Å²) >= 11 is 0. The van der Waals surface area contributed by atoms with Gasteiger partial charge in [0.2, 0.25) is 0 Å². The molecule has 3 rings (SSSR count). The second-order valence-electron chi connectivity index (χ2n) is 6.99. The Balaban J connectivity index is 1.99. The zero-order valence-electron chi connectivity index (χ0n) is 16.5. The van der Waals surface area contributed by atoms with Gasteiger partial charge in [-0.1, -0.05) is 29.8 Å². The molecule has 0 saturated heterocycles. The first-order chi connectivity index (χ1) is 14.0. The van der Waals surface area contributed by atoms with Crippen molar-refractivity contribution in [2.45, 2.75) is 18.0 Å². The highest BCUT2D eigenvalue weighted by atomic mass is 32.2. The number of pyridine rings is 1. The fourth-order valence-corrected chi connectivity index (χ4v) is 3.78. The Morgan fingerprint density at radius 3 is 2.23 bits per heavy atom. The van der Waals surface area contributed by atoms with E-state index in [0.29, 0.717) is 5.56 Å². The van der Waals surface area contributed by atoms with E-state index in [1.54, 1.807) is 38.4 Å². The zero-order chi connectivity index (χ0) is 22.1. The third kappa shape index (κ3) is 4.91. The van der Waals surface area contributed by atoms with Crippen molar-refractivity contribution in [1.82, 2.24) is 4.98 Å². The quantitative estimate of drug-likeness (QED) is 0.617. The molecule has 0 aliphatic carbocycles. The van der Waals surface area contributed by atoms with Gasteiger partial charge in [-0.15, -0.1) is 0 Å². The van der Waals surface area contributed by atoms with Gasteiger partial charge in [0, 0.05) is 25.3 Å². The molecule has 9 heteroatoms. The number of nitrogens with zero attached hydrogens (tertiary/aromatic N) is 2. The Morgan fingerprint density at radius 1 is 0.967 bits per heavy atom. The van der Waals surface area contributed by atoms with E-state index in [-0.39, 0.29) is 22.1 Å². The molecule has 0 aliphatic rings. The van der Waals surface area contributed by atoms with Gasteiger partial charge in [-0.3, -0.25) is 4.72 Å². The smallest absolute Gasteiger partial charge is 0.363 e. The van der Waals surface area contributed by atoms with Gasteiger partial charge in [-0.05, 0) is 43.3 Å². The number of rotatable bonds is 5. The normalized spacial score (nSPS) is 11.9. The second-order valence-corrected chi connectivity index (χ2v) is 8.67. The lowest BCUT2D eigenvalue weighted by Gasteiger charge is -2.17. The monoisotopic (exact) mass is 435 g/mol. The summed E-state index contributed by atoms with van der Waals surface area (Å²) in [6.07, 6.45) is -4.53. The maximum absolute atomic E-state index is 13.3. The first kappa shape index (κ1) is 21.6. The van der Waals surface area contributed by atoms with Gasteiger partial charge in [0.25, 0.3) is 10.0 Å². The molecule has 30 heavy (non-hydrogen) atoms. The second kappa shape index (κ2) is 7.98. The van der Waals surface area contributed by atoms with Crippen molar-refractivity contribution in [3.05, 3.63) is 71.8 Å². The van der Waals surface area contributed by atoms with Gasteiger partial charge in [0.05, 0.1) is 16.2 Å². The lowest BCUT2D eigenvalue weighted by Crippen LogP contribution is -2.14. The van der Waals surface area contributed by atoms with Gasteiger partial charge in [-0.2, -0.15) is 13.2 Å². The van der Waals surface area contributed by atoms with Crippen LogP contribution < -0.4 is 9.62 Å². The van der Waals surface area contributed by atoms with Crippen molar-refractivity contribution < 1.29 is 21.6 Å². The van der Waals surface area contributed by atoms with Crippen LogP contribution in [0.25, 0.3) is 11.3 Å². The van der Waals surface area contributed by atoms with Crippen LogP contribution in [0, 0.1) is 6.92 Å². The highest BCUT2D eigenvalue weighted by Crippen LogP contribution is 2.34. The summed E-state index contributed by atoms with van der Waals surface area (Å²) in [4.78, 5) is 5.83. The summed E-state index contributed by atoms with van der Waals surface area (Å²) in [6.45, 7) is 1.84. The molecule has 0 aliphatic heterocycles. The van der Waals surface area contributed by atoms with Gasteiger partial charge in [0.15, 0.2) is 0 Å². The molecule has 0 fully saturated rings. The Bertz CT molecular complexity index is 1160. The van der Waals surface area contributed by atoms with E-state index in [0.717, 1.165) is 17.7 Å². The number of anilines is 2. The average Bonchev–Trinajstić information content (AvgIpc) is 2.67. The molecule has 0 spiro atoms. The van der Waals surface area contributed by atoms with E-state index in [9.17, 15) is 21.6 Å². The SMILES string of the molecule is Cc1ccc(S(=O)(=O)Nc2cccc(-c3cc(C(F)(F)F)cc(N(C)C)n3)c2)cc1. The molecule has 0 unspecified atom stereocenters. The number of aryl methyl sites for hydroxylation is 1. The molecule has 3 aromatic rings. The number of hydrogen-bond donors (Lipinski definition) is 1. The molecule has 1 heterocycles. The van der Waals surface area contributed by atoms with Gasteiger partial charge in [-0.25, -0.2) is 13.4 Å². The lowest BCUT2D eigenvalue weighted by atomic mass is 10.1. The molecule has 0 saturated carbocycles. The molecule has 0 bridgehead atoms. The van der Waals surface area contributed by atoms with Crippen molar-refractivity contribution in [1.29, 1.82) is 0 Å². The summed E-state index contributed by atoms with van der Waals surface area (Å²) in [7, 11) is -0.649. The summed E-state index contributed by atoms with van der Waals surface area (Å²) in [6, 6.07) is 14.3. The summed E-state index contributed by atoms with van der Waals surface area (Å²) < 4.78 is 67.6. The fraction of sp³-hybridized carbons (Fsp3) is 0.190. The van der Waals surface area contributed by atoms with Crippen molar-refractivity contribution in [3.63, 3.8) is 0 Å². The van der Waals surface area contributed by atoms with Crippen molar-refractivity contribution in [3.8, 4) is 11.3 Å². The van der Waals surface area contributed by atoms with Crippen molar-refractivity contribution in [2.24, 2.45) is 0 Å². The Hall–Kier alpha value is -3.07. The predicted octanol–water partition coefficient (Wildman–Crippen LogP) is 4.94. The van der Waals surface area contributed by atoms with Crippen LogP contribution in [0.4, 0.5) is 24.7 Å². The molecule has 5 nitrogen and oxygen atoms in total. The molecular formula is C21H20F3N3O2S. The maximum Gasteiger partial charge on any atom is 0.416 e. The van der Waals surface area contributed by atoms with Crippen molar-refractivity contribution >= 4 is 21.5 Å².